The highest BCUT2D eigenvalue weighted by atomic mass is 35.5. The molecule has 4 aromatic rings. The van der Waals surface area contributed by atoms with Gasteiger partial charge in [0.05, 0.1) is 24.0 Å². The number of ether oxygens (including phenoxy) is 1. The summed E-state index contributed by atoms with van der Waals surface area (Å²) in [4.78, 5) is 19.8. The fourth-order valence-corrected chi connectivity index (χ4v) is 3.36. The number of fused-ring (bicyclic) bond motifs is 1. The van der Waals surface area contributed by atoms with Crippen LogP contribution in [0, 0.1) is 12.7 Å². The molecule has 0 aliphatic heterocycles. The lowest BCUT2D eigenvalue weighted by atomic mass is 10.1. The van der Waals surface area contributed by atoms with Gasteiger partial charge in [0.25, 0.3) is 0 Å². The van der Waals surface area contributed by atoms with Gasteiger partial charge in [-0.1, -0.05) is 11.6 Å². The van der Waals surface area contributed by atoms with E-state index in [-0.39, 0.29) is 5.75 Å². The molecule has 4 rings (SSSR count). The predicted octanol–water partition coefficient (Wildman–Crippen LogP) is 5.06. The van der Waals surface area contributed by atoms with Crippen LogP contribution in [0.1, 0.15) is 15.9 Å². The lowest BCUT2D eigenvalue weighted by Gasteiger charge is -2.10. The van der Waals surface area contributed by atoms with E-state index in [1.165, 1.54) is 19.2 Å². The van der Waals surface area contributed by atoms with Crippen molar-refractivity contribution in [3.05, 3.63) is 70.9 Å². The summed E-state index contributed by atoms with van der Waals surface area (Å²) >= 11 is 6.34. The number of aromatic nitrogens is 3. The second-order valence-electron chi connectivity index (χ2n) is 6.39. The zero-order chi connectivity index (χ0) is 20.5. The number of nitrogens with zero attached hydrogens (tertiary/aromatic N) is 3. The number of anilines is 2. The molecular formula is C21H16ClFN4O2. The molecule has 0 amide bonds. The number of methoxy groups -OCH3 is 1. The normalized spacial score (nSPS) is 10.9. The molecule has 2 aromatic carbocycles. The van der Waals surface area contributed by atoms with E-state index in [0.29, 0.717) is 33.3 Å². The summed E-state index contributed by atoms with van der Waals surface area (Å²) in [6.45, 7) is 1.86. The number of rotatable bonds is 5. The van der Waals surface area contributed by atoms with Gasteiger partial charge in [-0.25, -0.2) is 14.4 Å². The van der Waals surface area contributed by atoms with E-state index >= 15 is 0 Å². The highest BCUT2D eigenvalue weighted by Crippen LogP contribution is 2.34. The van der Waals surface area contributed by atoms with Gasteiger partial charge in [-0.15, -0.1) is 0 Å². The zero-order valence-electron chi connectivity index (χ0n) is 15.6. The van der Waals surface area contributed by atoms with Gasteiger partial charge in [0.15, 0.2) is 23.0 Å². The Morgan fingerprint density at radius 1 is 1.24 bits per heavy atom. The summed E-state index contributed by atoms with van der Waals surface area (Å²) < 4.78 is 21.0. The molecule has 8 heteroatoms. The lowest BCUT2D eigenvalue weighted by molar-refractivity contribution is 0.112. The van der Waals surface area contributed by atoms with Crippen molar-refractivity contribution in [1.82, 2.24) is 14.4 Å². The third kappa shape index (κ3) is 3.40. The summed E-state index contributed by atoms with van der Waals surface area (Å²) in [6.07, 6.45) is 5.76. The van der Waals surface area contributed by atoms with Crippen molar-refractivity contribution >= 4 is 35.0 Å². The van der Waals surface area contributed by atoms with E-state index in [0.717, 1.165) is 17.5 Å². The van der Waals surface area contributed by atoms with E-state index in [9.17, 15) is 9.18 Å². The van der Waals surface area contributed by atoms with Gasteiger partial charge >= 0.3 is 0 Å². The Bertz CT molecular complexity index is 1240. The van der Waals surface area contributed by atoms with Gasteiger partial charge in [0, 0.05) is 35.3 Å². The molecule has 0 spiro atoms. The van der Waals surface area contributed by atoms with E-state index in [2.05, 4.69) is 15.3 Å². The number of nitrogens with one attached hydrogen (secondary N) is 1. The molecule has 1 N–H and O–H groups in total. The Morgan fingerprint density at radius 3 is 2.79 bits per heavy atom. The number of carbonyl (C=O) groups excluding carboxylic acids is 1. The number of hydrogen-bond donors (Lipinski definition) is 1. The molecule has 0 saturated heterocycles. The molecule has 2 aromatic heterocycles. The Morgan fingerprint density at radius 2 is 2.07 bits per heavy atom. The summed E-state index contributed by atoms with van der Waals surface area (Å²) in [5, 5.41) is 3.55. The van der Waals surface area contributed by atoms with Crippen LogP contribution in [0.4, 0.5) is 15.9 Å². The standard InChI is InChI=1S/C21H16ClFN4O2/c1-12-7-14(4-3-13(12)11-28)26-20-21-25-10-18(27(21)6-5-24-20)15-8-17(23)19(29-2)9-16(15)22/h3-11H,1-2H3,(H,24,26). The number of halogens is 2. The Kier molecular flexibility index (Phi) is 4.90. The second kappa shape index (κ2) is 7.52. The fraction of sp³-hybridized carbons (Fsp3) is 0.0952. The van der Waals surface area contributed by atoms with Gasteiger partial charge in [0.1, 0.15) is 6.29 Å². The highest BCUT2D eigenvalue weighted by molar-refractivity contribution is 6.33. The first-order chi connectivity index (χ1) is 14.0. The number of aldehydes is 1. The van der Waals surface area contributed by atoms with Crippen molar-refractivity contribution in [2.45, 2.75) is 6.92 Å². The maximum Gasteiger partial charge on any atom is 0.180 e. The Hall–Kier alpha value is -3.45. The molecule has 0 fully saturated rings. The molecule has 0 saturated carbocycles. The first-order valence-corrected chi connectivity index (χ1v) is 9.08. The van der Waals surface area contributed by atoms with Crippen LogP contribution in [0.3, 0.4) is 0 Å². The zero-order valence-corrected chi connectivity index (χ0v) is 16.4. The molecule has 0 aliphatic rings. The lowest BCUT2D eigenvalue weighted by Crippen LogP contribution is -2.00. The van der Waals surface area contributed by atoms with Crippen molar-refractivity contribution in [1.29, 1.82) is 0 Å². The summed E-state index contributed by atoms with van der Waals surface area (Å²) in [6, 6.07) is 8.14. The van der Waals surface area contributed by atoms with Crippen LogP contribution in [0.5, 0.6) is 5.75 Å². The average Bonchev–Trinajstić information content (AvgIpc) is 3.14. The van der Waals surface area contributed by atoms with Gasteiger partial charge in [-0.2, -0.15) is 0 Å². The second-order valence-corrected chi connectivity index (χ2v) is 6.80. The number of benzene rings is 2. The van der Waals surface area contributed by atoms with Crippen LogP contribution in [-0.2, 0) is 0 Å². The molecule has 0 aliphatic carbocycles. The monoisotopic (exact) mass is 410 g/mol. The largest absolute Gasteiger partial charge is 0.494 e. The van der Waals surface area contributed by atoms with Gasteiger partial charge in [-0.05, 0) is 36.8 Å². The van der Waals surface area contributed by atoms with Crippen LogP contribution in [0.15, 0.2) is 48.9 Å². The van der Waals surface area contributed by atoms with Crippen molar-refractivity contribution < 1.29 is 13.9 Å². The third-order valence-corrected chi connectivity index (χ3v) is 4.92. The smallest absolute Gasteiger partial charge is 0.180 e. The maximum absolute atomic E-state index is 14.2. The van der Waals surface area contributed by atoms with Crippen LogP contribution < -0.4 is 10.1 Å². The van der Waals surface area contributed by atoms with Crippen molar-refractivity contribution in [3.8, 4) is 17.0 Å². The van der Waals surface area contributed by atoms with Crippen molar-refractivity contribution in [2.24, 2.45) is 0 Å². The number of hydrogen-bond acceptors (Lipinski definition) is 5. The SMILES string of the molecule is COc1cc(Cl)c(-c2cnc3c(Nc4ccc(C=O)c(C)c4)nccn23)cc1F. The Balaban J connectivity index is 1.77. The minimum atomic E-state index is -0.514. The minimum Gasteiger partial charge on any atom is -0.494 e. The highest BCUT2D eigenvalue weighted by Gasteiger charge is 2.16. The predicted molar refractivity (Wildman–Crippen MR) is 110 cm³/mol. The van der Waals surface area contributed by atoms with E-state index in [1.807, 2.05) is 13.0 Å². The number of carbonyl (C=O) groups is 1. The Labute approximate surface area is 170 Å². The van der Waals surface area contributed by atoms with Crippen LogP contribution in [0.2, 0.25) is 5.02 Å². The van der Waals surface area contributed by atoms with Crippen molar-refractivity contribution in [3.63, 3.8) is 0 Å². The van der Waals surface area contributed by atoms with E-state index in [1.54, 1.807) is 35.1 Å². The molecule has 0 bridgehead atoms. The number of aryl methyl sites for hydroxylation is 1. The summed E-state index contributed by atoms with van der Waals surface area (Å²) in [5.74, 6) is 0.0767. The summed E-state index contributed by atoms with van der Waals surface area (Å²) in [5.41, 5.74) is 3.89. The summed E-state index contributed by atoms with van der Waals surface area (Å²) in [7, 11) is 1.38. The minimum absolute atomic E-state index is 0.0748. The molecular weight excluding hydrogens is 395 g/mol. The van der Waals surface area contributed by atoms with E-state index in [4.69, 9.17) is 16.3 Å². The maximum atomic E-state index is 14.2. The molecule has 0 radical (unpaired) electrons. The first-order valence-electron chi connectivity index (χ1n) is 8.70. The molecule has 29 heavy (non-hydrogen) atoms. The van der Waals surface area contributed by atoms with Crippen molar-refractivity contribution in [2.75, 3.05) is 12.4 Å². The molecule has 6 nitrogen and oxygen atoms in total. The topological polar surface area (TPSA) is 68.5 Å². The molecule has 0 unspecified atom stereocenters. The quantitative estimate of drug-likeness (QED) is 0.465. The molecule has 146 valence electrons. The first kappa shape index (κ1) is 18.9. The third-order valence-electron chi connectivity index (χ3n) is 4.60. The fourth-order valence-electron chi connectivity index (χ4n) is 3.11. The van der Waals surface area contributed by atoms with Gasteiger partial charge < -0.3 is 10.1 Å². The van der Waals surface area contributed by atoms with Crippen LogP contribution in [-0.4, -0.2) is 27.8 Å². The number of imidazole rings is 1. The molecule has 0 atom stereocenters. The van der Waals surface area contributed by atoms with E-state index < -0.39 is 5.82 Å². The van der Waals surface area contributed by atoms with Gasteiger partial charge in [0.2, 0.25) is 0 Å². The van der Waals surface area contributed by atoms with Crippen LogP contribution >= 0.6 is 11.6 Å². The van der Waals surface area contributed by atoms with Gasteiger partial charge in [-0.3, -0.25) is 9.20 Å². The van der Waals surface area contributed by atoms with Crippen LogP contribution in [0.25, 0.3) is 16.9 Å². The molecule has 2 heterocycles. The average molecular weight is 411 g/mol.